The molecule has 0 amide bonds. The predicted molar refractivity (Wildman–Crippen MR) is 147 cm³/mol. The molecule has 4 rings (SSSR count). The Bertz CT molecular complexity index is 1010. The maximum Gasteiger partial charge on any atom is 0.131 e. The van der Waals surface area contributed by atoms with E-state index >= 15 is 0 Å². The molecule has 2 aromatic rings. The lowest BCUT2D eigenvalue weighted by Gasteiger charge is -2.36. The topological polar surface area (TPSA) is 76.7 Å². The fraction of sp³-hybridized carbons (Fsp3) is 0.607. The van der Waals surface area contributed by atoms with Gasteiger partial charge in [-0.15, -0.1) is 0 Å². The summed E-state index contributed by atoms with van der Waals surface area (Å²) in [6, 6.07) is 8.04. The quantitative estimate of drug-likeness (QED) is 0.351. The number of aromatic nitrogens is 1. The van der Waals surface area contributed by atoms with Gasteiger partial charge in [-0.2, -0.15) is 0 Å². The second kappa shape index (κ2) is 13.2. The summed E-state index contributed by atoms with van der Waals surface area (Å²) >= 11 is 6.50. The van der Waals surface area contributed by atoms with Gasteiger partial charge in [-0.3, -0.25) is 0 Å². The van der Waals surface area contributed by atoms with Crippen molar-refractivity contribution in [1.29, 1.82) is 0 Å². The van der Waals surface area contributed by atoms with Gasteiger partial charge in [0.15, 0.2) is 0 Å². The van der Waals surface area contributed by atoms with Crippen molar-refractivity contribution in [3.8, 4) is 11.1 Å². The van der Waals surface area contributed by atoms with Gasteiger partial charge in [0.05, 0.1) is 17.2 Å². The zero-order valence-electron chi connectivity index (χ0n) is 22.1. The molecule has 7 nitrogen and oxygen atoms in total. The summed E-state index contributed by atoms with van der Waals surface area (Å²) < 4.78 is 31.5. The number of ether oxygens (including phenoxy) is 3. The van der Waals surface area contributed by atoms with Crippen LogP contribution in [0.1, 0.15) is 45.4 Å². The molecule has 204 valence electrons. The number of hydrogen-bond donors (Lipinski definition) is 3. The van der Waals surface area contributed by atoms with Crippen LogP contribution in [-0.2, 0) is 14.2 Å². The zero-order valence-corrected chi connectivity index (χ0v) is 22.9. The van der Waals surface area contributed by atoms with Crippen molar-refractivity contribution in [1.82, 2.24) is 10.3 Å². The van der Waals surface area contributed by atoms with Crippen molar-refractivity contribution in [3.05, 3.63) is 41.3 Å². The monoisotopic (exact) mass is 534 g/mol. The lowest BCUT2D eigenvalue weighted by Crippen LogP contribution is -2.44. The molecular weight excluding hydrogens is 495 g/mol. The predicted octanol–water partition coefficient (Wildman–Crippen LogP) is 5.50. The Labute approximate surface area is 224 Å². The molecule has 37 heavy (non-hydrogen) atoms. The largest absolute Gasteiger partial charge is 0.383 e. The summed E-state index contributed by atoms with van der Waals surface area (Å²) in [4.78, 5) is 4.48. The van der Waals surface area contributed by atoms with Gasteiger partial charge in [0.1, 0.15) is 11.6 Å². The van der Waals surface area contributed by atoms with E-state index in [-0.39, 0.29) is 11.4 Å². The third-order valence-electron chi connectivity index (χ3n) is 7.58. The highest BCUT2D eigenvalue weighted by Gasteiger charge is 2.32. The van der Waals surface area contributed by atoms with Gasteiger partial charge in [-0.25, -0.2) is 9.37 Å². The average molecular weight is 535 g/mol. The Hall–Kier alpha value is -1.97. The van der Waals surface area contributed by atoms with Crippen LogP contribution in [-0.4, -0.2) is 69.3 Å². The number of nitrogens with one attached hydrogen (secondary N) is 3. The van der Waals surface area contributed by atoms with Crippen LogP contribution in [0.3, 0.4) is 0 Å². The molecule has 1 saturated heterocycles. The Morgan fingerprint density at radius 2 is 1.84 bits per heavy atom. The van der Waals surface area contributed by atoms with Gasteiger partial charge < -0.3 is 30.2 Å². The van der Waals surface area contributed by atoms with Gasteiger partial charge >= 0.3 is 0 Å². The lowest BCUT2D eigenvalue weighted by molar-refractivity contribution is -0.0807. The van der Waals surface area contributed by atoms with Gasteiger partial charge in [-0.05, 0) is 56.9 Å². The fourth-order valence-electron chi connectivity index (χ4n) is 5.34. The lowest BCUT2D eigenvalue weighted by atomic mass is 9.90. The Morgan fingerprint density at radius 3 is 2.54 bits per heavy atom. The minimum Gasteiger partial charge on any atom is -0.383 e. The number of rotatable bonds is 11. The van der Waals surface area contributed by atoms with Gasteiger partial charge in [-0.1, -0.05) is 11.6 Å². The highest BCUT2D eigenvalue weighted by atomic mass is 35.5. The van der Waals surface area contributed by atoms with Crippen LogP contribution in [0.4, 0.5) is 15.9 Å². The second-order valence-electron chi connectivity index (χ2n) is 10.3. The molecule has 1 aliphatic heterocycles. The third-order valence-corrected chi connectivity index (χ3v) is 7.88. The maximum atomic E-state index is 15.0. The second-order valence-corrected chi connectivity index (χ2v) is 10.7. The van der Waals surface area contributed by atoms with Crippen molar-refractivity contribution in [3.63, 3.8) is 0 Å². The van der Waals surface area contributed by atoms with E-state index in [1.807, 2.05) is 6.07 Å². The van der Waals surface area contributed by atoms with Crippen molar-refractivity contribution in [2.45, 2.75) is 69.2 Å². The van der Waals surface area contributed by atoms with Gasteiger partial charge in [0.2, 0.25) is 0 Å². The highest BCUT2D eigenvalue weighted by molar-refractivity contribution is 6.33. The number of methoxy groups -OCH3 is 2. The number of hydrogen-bond acceptors (Lipinski definition) is 7. The molecule has 0 bridgehead atoms. The molecule has 1 aromatic carbocycles. The molecule has 0 spiro atoms. The molecule has 9 heteroatoms. The van der Waals surface area contributed by atoms with E-state index < -0.39 is 0 Å². The van der Waals surface area contributed by atoms with Crippen LogP contribution >= 0.6 is 11.6 Å². The summed E-state index contributed by atoms with van der Waals surface area (Å²) in [6.45, 7) is 4.84. The zero-order chi connectivity index (χ0) is 26.3. The molecule has 0 radical (unpaired) electrons. The summed E-state index contributed by atoms with van der Waals surface area (Å²) in [5, 5.41) is 11.0. The first kappa shape index (κ1) is 28.0. The third kappa shape index (κ3) is 7.54. The summed E-state index contributed by atoms with van der Waals surface area (Å²) in [7, 11) is 3.47. The Morgan fingerprint density at radius 1 is 1.11 bits per heavy atom. The van der Waals surface area contributed by atoms with Crippen molar-refractivity contribution < 1.29 is 18.6 Å². The van der Waals surface area contributed by atoms with E-state index in [2.05, 4.69) is 27.9 Å². The Kier molecular flexibility index (Phi) is 10.0. The summed E-state index contributed by atoms with van der Waals surface area (Å²) in [5.41, 5.74) is 1.60. The molecule has 3 N–H and O–H groups in total. The summed E-state index contributed by atoms with van der Waals surface area (Å²) in [6.07, 6.45) is 7.49. The number of anilines is 2. The normalized spacial score (nSPS) is 22.4. The minimum atomic E-state index is -0.325. The van der Waals surface area contributed by atoms with Crippen molar-refractivity contribution in [2.75, 3.05) is 51.2 Å². The van der Waals surface area contributed by atoms with Gasteiger partial charge in [0, 0.05) is 88.0 Å². The molecule has 2 aliphatic rings. The van der Waals surface area contributed by atoms with Crippen LogP contribution in [0.5, 0.6) is 0 Å². The molecule has 1 atom stereocenters. The van der Waals surface area contributed by atoms with Crippen LogP contribution in [0, 0.1) is 5.82 Å². The van der Waals surface area contributed by atoms with Gasteiger partial charge in [0.25, 0.3) is 0 Å². The van der Waals surface area contributed by atoms with Crippen LogP contribution < -0.4 is 16.0 Å². The first-order chi connectivity index (χ1) is 17.9. The molecule has 1 unspecified atom stereocenters. The number of benzene rings is 1. The van der Waals surface area contributed by atoms with E-state index in [9.17, 15) is 4.39 Å². The average Bonchev–Trinajstić information content (AvgIpc) is 2.91. The maximum absolute atomic E-state index is 15.0. The van der Waals surface area contributed by atoms with E-state index in [0.29, 0.717) is 66.5 Å². The molecule has 1 saturated carbocycles. The molecule has 2 heterocycles. The number of pyridine rings is 1. The first-order valence-electron chi connectivity index (χ1n) is 13.2. The van der Waals surface area contributed by atoms with Crippen LogP contribution in [0.15, 0.2) is 30.5 Å². The molecular formula is C28H40ClFN4O3. The van der Waals surface area contributed by atoms with Crippen LogP contribution in [0.2, 0.25) is 5.02 Å². The Balaban J connectivity index is 1.41. The highest BCUT2D eigenvalue weighted by Crippen LogP contribution is 2.34. The standard InChI is InChI=1S/C28H40ClFN4O3/c1-19(17-35-2)33-20-4-6-21(7-5-20)34-27-15-23(25(29)16-31-27)24-14-22(8-9-26(24)30)32-18-28(36-3)10-12-37-13-11-28/h8-9,14-16,19-21,32-33H,4-7,10-13,17-18H2,1-3H3,(H,31,34). The smallest absolute Gasteiger partial charge is 0.131 e. The molecule has 1 aliphatic carbocycles. The van der Waals surface area contributed by atoms with Crippen LogP contribution in [0.25, 0.3) is 11.1 Å². The number of halogens is 2. The van der Waals surface area contributed by atoms with E-state index in [0.717, 1.165) is 44.2 Å². The van der Waals surface area contributed by atoms with Crippen molar-refractivity contribution >= 4 is 23.1 Å². The van der Waals surface area contributed by atoms with E-state index in [1.165, 1.54) is 6.07 Å². The molecule has 2 fully saturated rings. The fourth-order valence-corrected chi connectivity index (χ4v) is 5.54. The number of nitrogens with zero attached hydrogens (tertiary/aromatic N) is 1. The first-order valence-corrected chi connectivity index (χ1v) is 13.6. The van der Waals surface area contributed by atoms with E-state index in [4.69, 9.17) is 25.8 Å². The SMILES string of the molecule is COCC(C)NC1CCC(Nc2cc(-c3cc(NCC4(OC)CCOCC4)ccc3F)c(Cl)cn2)CC1. The minimum absolute atomic E-state index is 0.283. The summed E-state index contributed by atoms with van der Waals surface area (Å²) in [5.74, 6) is 0.385. The molecule has 1 aromatic heterocycles. The van der Waals surface area contributed by atoms with Crippen molar-refractivity contribution in [2.24, 2.45) is 0 Å². The van der Waals surface area contributed by atoms with E-state index in [1.54, 1.807) is 32.5 Å².